The number of carbonyl (C=O) groups excluding carboxylic acids is 1. The zero-order chi connectivity index (χ0) is 5.86. The molecule has 0 aliphatic heterocycles. The van der Waals surface area contributed by atoms with Crippen LogP contribution < -0.4 is 5.48 Å². The second kappa shape index (κ2) is 4.59. The molecule has 0 rings (SSSR count). The quantitative estimate of drug-likeness (QED) is 0.396. The molecule has 0 aromatic carbocycles. The van der Waals surface area contributed by atoms with Gasteiger partial charge in [-0.05, 0) is 0 Å². The maximum absolute atomic E-state index is 10.2. The molecule has 0 spiro atoms. The summed E-state index contributed by atoms with van der Waals surface area (Å²) in [6.45, 7) is 3.40. The molecule has 3 heteroatoms. The van der Waals surface area contributed by atoms with Gasteiger partial charge in [-0.1, -0.05) is 21.3 Å². The number of hydroxylamine groups is 1. The van der Waals surface area contributed by atoms with Crippen molar-refractivity contribution in [3.8, 4) is 0 Å². The van der Waals surface area contributed by atoms with E-state index in [1.54, 1.807) is 13.8 Å². The van der Waals surface area contributed by atoms with E-state index in [0.29, 0.717) is 0 Å². The molecule has 0 aromatic rings. The molecule has 0 unspecified atom stereocenters. The molecule has 0 aliphatic rings. The van der Waals surface area contributed by atoms with Crippen LogP contribution in [0.4, 0.5) is 0 Å². The van der Waals surface area contributed by atoms with Gasteiger partial charge in [0.25, 0.3) is 0 Å². The molecule has 1 amide bonds. The summed E-state index contributed by atoms with van der Waals surface area (Å²) >= 11 is 0. The smallest absolute Gasteiger partial charge is 0.245 e. The third-order valence-corrected chi connectivity index (χ3v) is 0.635. The summed E-state index contributed by atoms with van der Waals surface area (Å²) in [6.07, 6.45) is 0. The average Bonchev–Trinajstić information content (AvgIpc) is 1.65. The molecule has 2 N–H and O–H groups in total. The summed E-state index contributed by atoms with van der Waals surface area (Å²) in [5, 5.41) is 7.91. The monoisotopic (exact) mass is 119 g/mol. The largest absolute Gasteiger partial charge is 0.289 e. The van der Waals surface area contributed by atoms with E-state index in [-0.39, 0.29) is 19.3 Å². The number of carbonyl (C=O) groups is 1. The van der Waals surface area contributed by atoms with Gasteiger partial charge in [-0.2, -0.15) is 0 Å². The van der Waals surface area contributed by atoms with E-state index in [4.69, 9.17) is 5.21 Å². The minimum absolute atomic E-state index is 0. The van der Waals surface area contributed by atoms with Crippen molar-refractivity contribution in [2.45, 2.75) is 21.3 Å². The second-order valence-electron chi connectivity index (χ2n) is 1.63. The number of hydrogen-bond donors (Lipinski definition) is 2. The lowest BCUT2D eigenvalue weighted by molar-refractivity contribution is -0.132. The highest BCUT2D eigenvalue weighted by Gasteiger charge is 2.01. The van der Waals surface area contributed by atoms with Crippen LogP contribution in [0.2, 0.25) is 0 Å². The fraction of sp³-hybridized carbons (Fsp3) is 0.800. The van der Waals surface area contributed by atoms with Gasteiger partial charge in [-0.15, -0.1) is 0 Å². The van der Waals surface area contributed by atoms with E-state index in [0.717, 1.165) is 0 Å². The molecule has 0 bridgehead atoms. The van der Waals surface area contributed by atoms with Crippen LogP contribution in [0.25, 0.3) is 0 Å². The minimum atomic E-state index is -0.347. The SMILES string of the molecule is C.CC(C)C(=O)NO. The van der Waals surface area contributed by atoms with Crippen LogP contribution >= 0.6 is 0 Å². The topological polar surface area (TPSA) is 49.3 Å². The Kier molecular flexibility index (Phi) is 5.97. The Morgan fingerprint density at radius 1 is 1.62 bits per heavy atom. The van der Waals surface area contributed by atoms with Crippen molar-refractivity contribution in [1.82, 2.24) is 5.48 Å². The maximum atomic E-state index is 10.2. The Hall–Kier alpha value is -0.570. The third-order valence-electron chi connectivity index (χ3n) is 0.635. The first-order valence-corrected chi connectivity index (χ1v) is 2.12. The van der Waals surface area contributed by atoms with Gasteiger partial charge in [-0.25, -0.2) is 5.48 Å². The van der Waals surface area contributed by atoms with Crippen LogP contribution in [0.3, 0.4) is 0 Å². The minimum Gasteiger partial charge on any atom is -0.289 e. The molecule has 0 aromatic heterocycles. The van der Waals surface area contributed by atoms with Gasteiger partial charge in [0.1, 0.15) is 0 Å². The van der Waals surface area contributed by atoms with Gasteiger partial charge in [0, 0.05) is 5.92 Å². The van der Waals surface area contributed by atoms with Crippen molar-refractivity contribution >= 4 is 5.91 Å². The average molecular weight is 119 g/mol. The summed E-state index contributed by atoms with van der Waals surface area (Å²) in [5.41, 5.74) is 1.53. The van der Waals surface area contributed by atoms with Gasteiger partial charge in [0.05, 0.1) is 0 Å². The zero-order valence-corrected chi connectivity index (χ0v) is 4.43. The molecule has 8 heavy (non-hydrogen) atoms. The summed E-state index contributed by atoms with van der Waals surface area (Å²) in [5.74, 6) is -0.481. The Morgan fingerprint density at radius 2 is 2.00 bits per heavy atom. The van der Waals surface area contributed by atoms with E-state index >= 15 is 0 Å². The fourth-order valence-electron chi connectivity index (χ4n) is 0.129. The van der Waals surface area contributed by atoms with Gasteiger partial charge < -0.3 is 0 Å². The Balaban J connectivity index is 0. The molecule has 0 saturated heterocycles. The number of nitrogens with one attached hydrogen (secondary N) is 1. The lowest BCUT2D eigenvalue weighted by Crippen LogP contribution is -2.23. The molecule has 0 atom stereocenters. The van der Waals surface area contributed by atoms with E-state index in [1.165, 1.54) is 5.48 Å². The Labute approximate surface area is 49.7 Å². The normalized spacial score (nSPS) is 8.00. The van der Waals surface area contributed by atoms with Crippen molar-refractivity contribution < 1.29 is 10.0 Å². The fourth-order valence-corrected chi connectivity index (χ4v) is 0.129. The first kappa shape index (κ1) is 10.4. The van der Waals surface area contributed by atoms with Crippen molar-refractivity contribution in [3.05, 3.63) is 0 Å². The van der Waals surface area contributed by atoms with Crippen molar-refractivity contribution in [3.63, 3.8) is 0 Å². The van der Waals surface area contributed by atoms with Gasteiger partial charge in [0.15, 0.2) is 0 Å². The molecule has 3 nitrogen and oxygen atoms in total. The molecular formula is C5H13NO2. The highest BCUT2D eigenvalue weighted by Crippen LogP contribution is 1.87. The number of amides is 1. The predicted molar refractivity (Wildman–Crippen MR) is 31.5 cm³/mol. The maximum Gasteiger partial charge on any atom is 0.245 e. The molecule has 0 heterocycles. The highest BCUT2D eigenvalue weighted by molar-refractivity contribution is 5.76. The summed E-state index contributed by atoms with van der Waals surface area (Å²) < 4.78 is 0. The van der Waals surface area contributed by atoms with Crippen LogP contribution in [0.5, 0.6) is 0 Å². The van der Waals surface area contributed by atoms with Gasteiger partial charge >= 0.3 is 0 Å². The van der Waals surface area contributed by atoms with Crippen LogP contribution in [-0.2, 0) is 4.79 Å². The zero-order valence-electron chi connectivity index (χ0n) is 4.43. The van der Waals surface area contributed by atoms with Crippen molar-refractivity contribution in [2.75, 3.05) is 0 Å². The first-order chi connectivity index (χ1) is 3.18. The van der Waals surface area contributed by atoms with Crippen molar-refractivity contribution in [2.24, 2.45) is 5.92 Å². The molecule has 0 fully saturated rings. The third kappa shape index (κ3) is 3.61. The van der Waals surface area contributed by atoms with Crippen LogP contribution in [0, 0.1) is 5.92 Å². The van der Waals surface area contributed by atoms with Gasteiger partial charge in [-0.3, -0.25) is 10.0 Å². The van der Waals surface area contributed by atoms with E-state index in [2.05, 4.69) is 0 Å². The first-order valence-electron chi connectivity index (χ1n) is 2.12. The lowest BCUT2D eigenvalue weighted by Gasteiger charge is -1.97. The van der Waals surface area contributed by atoms with Crippen LogP contribution in [0.1, 0.15) is 21.3 Å². The Bertz CT molecular complexity index is 70.8. The second-order valence-corrected chi connectivity index (χ2v) is 1.63. The van der Waals surface area contributed by atoms with E-state index < -0.39 is 0 Å². The summed E-state index contributed by atoms with van der Waals surface area (Å²) in [6, 6.07) is 0. The Morgan fingerprint density at radius 3 is 2.00 bits per heavy atom. The molecule has 0 saturated carbocycles. The highest BCUT2D eigenvalue weighted by atomic mass is 16.5. The standard InChI is InChI=1S/C4H9NO2.CH4/c1-3(2)4(6)5-7;/h3,7H,1-2H3,(H,5,6);1H4. The lowest BCUT2D eigenvalue weighted by atomic mass is 10.2. The van der Waals surface area contributed by atoms with Gasteiger partial charge in [0.2, 0.25) is 5.91 Å². The van der Waals surface area contributed by atoms with Crippen molar-refractivity contribution in [1.29, 1.82) is 0 Å². The van der Waals surface area contributed by atoms with E-state index in [1.807, 2.05) is 0 Å². The summed E-state index contributed by atoms with van der Waals surface area (Å²) in [7, 11) is 0. The van der Waals surface area contributed by atoms with Crippen LogP contribution in [0.15, 0.2) is 0 Å². The molecule has 0 radical (unpaired) electrons. The molecular weight excluding hydrogens is 106 g/mol. The van der Waals surface area contributed by atoms with E-state index in [9.17, 15) is 4.79 Å². The molecule has 50 valence electrons. The number of rotatable bonds is 1. The summed E-state index contributed by atoms with van der Waals surface area (Å²) in [4.78, 5) is 10.2. The molecule has 0 aliphatic carbocycles. The van der Waals surface area contributed by atoms with Crippen LogP contribution in [-0.4, -0.2) is 11.1 Å². The number of hydrogen-bond acceptors (Lipinski definition) is 2. The predicted octanol–water partition coefficient (Wildman–Crippen LogP) is 0.784.